The molecule has 1 unspecified atom stereocenters. The van der Waals surface area contributed by atoms with Gasteiger partial charge in [-0.05, 0) is 54.7 Å². The zero-order valence-corrected chi connectivity index (χ0v) is 14.8. The number of benzene rings is 2. The highest BCUT2D eigenvalue weighted by molar-refractivity contribution is 6.31. The van der Waals surface area contributed by atoms with Crippen molar-refractivity contribution in [3.63, 3.8) is 0 Å². The Bertz CT molecular complexity index is 744. The fraction of sp³-hybridized carbons (Fsp3) is 0.350. The Morgan fingerprint density at radius 2 is 2.00 bits per heavy atom. The third-order valence-corrected chi connectivity index (χ3v) is 4.92. The lowest BCUT2D eigenvalue weighted by Crippen LogP contribution is -2.44. The van der Waals surface area contributed by atoms with Crippen LogP contribution in [0.1, 0.15) is 30.0 Å². The van der Waals surface area contributed by atoms with Crippen LogP contribution in [0, 0.1) is 6.92 Å². The van der Waals surface area contributed by atoms with Crippen molar-refractivity contribution >= 4 is 17.5 Å². The van der Waals surface area contributed by atoms with Gasteiger partial charge in [0.05, 0.1) is 0 Å². The Balaban J connectivity index is 1.71. The van der Waals surface area contributed by atoms with Crippen molar-refractivity contribution in [2.24, 2.45) is 0 Å². The lowest BCUT2D eigenvalue weighted by Gasteiger charge is -2.31. The zero-order chi connectivity index (χ0) is 17.1. The van der Waals surface area contributed by atoms with Crippen LogP contribution in [0.5, 0.6) is 5.75 Å². The van der Waals surface area contributed by atoms with Gasteiger partial charge in [0.1, 0.15) is 5.75 Å². The minimum absolute atomic E-state index is 0.0552. The number of carbonyl (C=O) groups is 1. The number of hydrogen-bond acceptors (Lipinski definition) is 2. The molecule has 0 spiro atoms. The van der Waals surface area contributed by atoms with Crippen molar-refractivity contribution in [3.05, 3.63) is 64.2 Å². The van der Waals surface area contributed by atoms with Crippen molar-refractivity contribution in [2.45, 2.75) is 39.3 Å². The molecule has 1 heterocycles. The van der Waals surface area contributed by atoms with E-state index in [0.717, 1.165) is 18.5 Å². The van der Waals surface area contributed by atoms with Crippen molar-refractivity contribution in [3.8, 4) is 5.75 Å². The van der Waals surface area contributed by atoms with Gasteiger partial charge in [-0.1, -0.05) is 42.8 Å². The Morgan fingerprint density at radius 3 is 2.71 bits per heavy atom. The van der Waals surface area contributed by atoms with Crippen molar-refractivity contribution in [2.75, 3.05) is 6.54 Å². The van der Waals surface area contributed by atoms with Crippen LogP contribution >= 0.6 is 11.6 Å². The molecule has 0 bridgehead atoms. The number of ether oxygens (including phenoxy) is 1. The molecule has 3 rings (SSSR count). The first-order chi connectivity index (χ1) is 11.6. The molecule has 1 aliphatic rings. The highest BCUT2D eigenvalue weighted by Crippen LogP contribution is 2.24. The summed E-state index contributed by atoms with van der Waals surface area (Å²) < 4.78 is 5.95. The van der Waals surface area contributed by atoms with Gasteiger partial charge in [0.15, 0.2) is 6.10 Å². The number of aryl methyl sites for hydroxylation is 1. The van der Waals surface area contributed by atoms with Gasteiger partial charge in [0.25, 0.3) is 5.91 Å². The van der Waals surface area contributed by atoms with Crippen molar-refractivity contribution in [1.82, 2.24) is 4.90 Å². The molecule has 0 radical (unpaired) electrons. The van der Waals surface area contributed by atoms with Crippen LogP contribution in [0.3, 0.4) is 0 Å². The predicted octanol–water partition coefficient (Wildman–Crippen LogP) is 4.39. The molecule has 126 valence electrons. The fourth-order valence-corrected chi connectivity index (χ4v) is 3.17. The molecule has 1 atom stereocenters. The molecule has 2 aromatic carbocycles. The van der Waals surface area contributed by atoms with Gasteiger partial charge >= 0.3 is 0 Å². The first-order valence-electron chi connectivity index (χ1n) is 8.37. The van der Waals surface area contributed by atoms with E-state index in [0.29, 0.717) is 23.7 Å². The molecule has 0 fully saturated rings. The second-order valence-corrected chi connectivity index (χ2v) is 6.61. The molecule has 3 nitrogen and oxygen atoms in total. The maximum Gasteiger partial charge on any atom is 0.263 e. The second-order valence-electron chi connectivity index (χ2n) is 6.20. The average Bonchev–Trinajstić information content (AvgIpc) is 2.61. The van der Waals surface area contributed by atoms with E-state index in [2.05, 4.69) is 18.2 Å². The van der Waals surface area contributed by atoms with Crippen molar-refractivity contribution in [1.29, 1.82) is 0 Å². The molecule has 1 aliphatic heterocycles. The second kappa shape index (κ2) is 7.27. The lowest BCUT2D eigenvalue weighted by atomic mass is 9.99. The molecule has 24 heavy (non-hydrogen) atoms. The first-order valence-corrected chi connectivity index (χ1v) is 8.74. The van der Waals surface area contributed by atoms with E-state index in [1.807, 2.05) is 36.9 Å². The summed E-state index contributed by atoms with van der Waals surface area (Å²) in [7, 11) is 0. The Hall–Kier alpha value is -2.00. The van der Waals surface area contributed by atoms with Crippen LogP contribution < -0.4 is 4.74 Å². The minimum atomic E-state index is -0.462. The standard InChI is InChI=1S/C20H22ClNO2/c1-3-19(24-17-8-9-18(21)14(2)12-17)20(23)22-11-10-15-6-4-5-7-16(15)13-22/h4-9,12,19H,3,10-11,13H2,1-2H3. The molecule has 4 heteroatoms. The summed E-state index contributed by atoms with van der Waals surface area (Å²) in [6, 6.07) is 13.8. The molecule has 1 amide bonds. The normalized spacial score (nSPS) is 14.9. The highest BCUT2D eigenvalue weighted by Gasteiger charge is 2.27. The maximum absolute atomic E-state index is 12.9. The summed E-state index contributed by atoms with van der Waals surface area (Å²) in [5.74, 6) is 0.745. The zero-order valence-electron chi connectivity index (χ0n) is 14.1. The van der Waals surface area contributed by atoms with Gasteiger partial charge in [0.2, 0.25) is 0 Å². The topological polar surface area (TPSA) is 29.5 Å². The maximum atomic E-state index is 12.9. The lowest BCUT2D eigenvalue weighted by molar-refractivity contribution is -0.139. The number of nitrogens with zero attached hydrogens (tertiary/aromatic N) is 1. The third kappa shape index (κ3) is 3.57. The van der Waals surface area contributed by atoms with Crippen LogP contribution in [0.15, 0.2) is 42.5 Å². The minimum Gasteiger partial charge on any atom is -0.481 e. The first kappa shape index (κ1) is 16.8. The molecule has 0 saturated carbocycles. The van der Waals surface area contributed by atoms with Gasteiger partial charge in [-0.15, -0.1) is 0 Å². The monoisotopic (exact) mass is 343 g/mol. The predicted molar refractivity (Wildman–Crippen MR) is 96.5 cm³/mol. The van der Waals surface area contributed by atoms with Crippen LogP contribution in [0.2, 0.25) is 5.02 Å². The highest BCUT2D eigenvalue weighted by atomic mass is 35.5. The number of amides is 1. The van der Waals surface area contributed by atoms with Gasteiger partial charge in [0, 0.05) is 18.1 Å². The average molecular weight is 344 g/mol. The summed E-state index contributed by atoms with van der Waals surface area (Å²) in [6.07, 6.45) is 1.08. The number of fused-ring (bicyclic) bond motifs is 1. The fourth-order valence-electron chi connectivity index (χ4n) is 3.05. The Kier molecular flexibility index (Phi) is 5.10. The number of halogens is 1. The molecule has 0 aliphatic carbocycles. The Labute approximate surface area is 148 Å². The van der Waals surface area contributed by atoms with Crippen molar-refractivity contribution < 1.29 is 9.53 Å². The van der Waals surface area contributed by atoms with E-state index >= 15 is 0 Å². The third-order valence-electron chi connectivity index (χ3n) is 4.50. The quantitative estimate of drug-likeness (QED) is 0.824. The molecule has 0 aromatic heterocycles. The van der Waals surface area contributed by atoms with Gasteiger partial charge in [-0.2, -0.15) is 0 Å². The molecule has 0 saturated heterocycles. The van der Waals surface area contributed by atoms with E-state index in [1.165, 1.54) is 11.1 Å². The van der Waals surface area contributed by atoms with E-state index in [-0.39, 0.29) is 5.91 Å². The van der Waals surface area contributed by atoms with E-state index < -0.39 is 6.10 Å². The number of hydrogen-bond donors (Lipinski definition) is 0. The summed E-state index contributed by atoms with van der Waals surface area (Å²) >= 11 is 6.05. The molecule has 0 N–H and O–H groups in total. The largest absolute Gasteiger partial charge is 0.481 e. The SMILES string of the molecule is CCC(Oc1ccc(Cl)c(C)c1)C(=O)N1CCc2ccccc2C1. The van der Waals surface area contributed by atoms with Gasteiger partial charge < -0.3 is 9.64 Å². The summed E-state index contributed by atoms with van der Waals surface area (Å²) in [5.41, 5.74) is 3.52. The summed E-state index contributed by atoms with van der Waals surface area (Å²) in [5, 5.41) is 0.703. The van der Waals surface area contributed by atoms with E-state index in [1.54, 1.807) is 6.07 Å². The molecule has 2 aromatic rings. The number of rotatable bonds is 4. The smallest absolute Gasteiger partial charge is 0.263 e. The van der Waals surface area contributed by atoms with Crippen LogP contribution in [0.4, 0.5) is 0 Å². The van der Waals surface area contributed by atoms with E-state index in [4.69, 9.17) is 16.3 Å². The van der Waals surface area contributed by atoms with Gasteiger partial charge in [-0.3, -0.25) is 4.79 Å². The number of carbonyl (C=O) groups excluding carboxylic acids is 1. The summed E-state index contributed by atoms with van der Waals surface area (Å²) in [4.78, 5) is 14.8. The van der Waals surface area contributed by atoms with E-state index in [9.17, 15) is 4.79 Å². The summed E-state index contributed by atoms with van der Waals surface area (Å²) in [6.45, 7) is 5.31. The van der Waals surface area contributed by atoms with Crippen LogP contribution in [-0.4, -0.2) is 23.5 Å². The van der Waals surface area contributed by atoms with Crippen LogP contribution in [0.25, 0.3) is 0 Å². The van der Waals surface area contributed by atoms with Crippen LogP contribution in [-0.2, 0) is 17.8 Å². The van der Waals surface area contributed by atoms with Gasteiger partial charge in [-0.25, -0.2) is 0 Å². The Morgan fingerprint density at radius 1 is 1.25 bits per heavy atom. The molecular formula is C20H22ClNO2. The molecular weight excluding hydrogens is 322 g/mol.